The Kier molecular flexibility index (Phi) is 6.03. The number of halogens is 1. The first-order chi connectivity index (χ1) is 13.0. The van der Waals surface area contributed by atoms with E-state index in [2.05, 4.69) is 4.98 Å². The van der Waals surface area contributed by atoms with Crippen LogP contribution in [0, 0.1) is 17.2 Å². The number of fused-ring (bicyclic) bond motifs is 1. The van der Waals surface area contributed by atoms with Crippen molar-refractivity contribution in [2.24, 2.45) is 11.3 Å². The number of methoxy groups -OCH3 is 1. The summed E-state index contributed by atoms with van der Waals surface area (Å²) in [7, 11) is 1.56. The van der Waals surface area contributed by atoms with E-state index in [4.69, 9.17) is 9.47 Å². The minimum Gasteiger partial charge on any atom is -0.396 e. The Balaban J connectivity index is 1.61. The Morgan fingerprint density at radius 2 is 2.04 bits per heavy atom. The monoisotopic (exact) mass is 381 g/mol. The minimum absolute atomic E-state index is 0.0316. The lowest BCUT2D eigenvalue weighted by molar-refractivity contribution is -0.136. The molecule has 0 aliphatic carbocycles. The smallest absolute Gasteiger partial charge is 0.255 e. The van der Waals surface area contributed by atoms with Gasteiger partial charge in [-0.3, -0.25) is 14.6 Å². The Bertz CT molecular complexity index is 703. The van der Waals surface area contributed by atoms with Gasteiger partial charge in [-0.1, -0.05) is 0 Å². The number of carbonyl (C=O) groups is 2. The number of aliphatic hydroxyl groups excluding tert-OH is 1. The number of amides is 2. The molecule has 0 saturated carbocycles. The number of likely N-dealkylation sites (tertiary alicyclic amines) is 2. The lowest BCUT2D eigenvalue weighted by Gasteiger charge is -2.27. The first-order valence-electron chi connectivity index (χ1n) is 8.84. The molecule has 1 N–H and O–H groups in total. The van der Waals surface area contributed by atoms with Crippen molar-refractivity contribution in [3.8, 4) is 0 Å². The summed E-state index contributed by atoms with van der Waals surface area (Å²) in [6.45, 7) is 2.15. The highest BCUT2D eigenvalue weighted by Gasteiger charge is 2.54. The van der Waals surface area contributed by atoms with E-state index in [0.29, 0.717) is 39.4 Å². The summed E-state index contributed by atoms with van der Waals surface area (Å²) in [4.78, 5) is 32.0. The van der Waals surface area contributed by atoms with Gasteiger partial charge in [0.1, 0.15) is 12.4 Å². The number of nitrogens with zero attached hydrogens (tertiary/aromatic N) is 3. The lowest BCUT2D eigenvalue weighted by Crippen LogP contribution is -2.41. The number of hydrogen-bond acceptors (Lipinski definition) is 6. The Morgan fingerprint density at radius 3 is 2.70 bits per heavy atom. The van der Waals surface area contributed by atoms with Gasteiger partial charge in [0.05, 0.1) is 31.6 Å². The quantitative estimate of drug-likeness (QED) is 0.657. The molecule has 2 aliphatic rings. The summed E-state index contributed by atoms with van der Waals surface area (Å²) < 4.78 is 23.5. The third-order valence-electron chi connectivity index (χ3n) is 5.32. The molecule has 27 heavy (non-hydrogen) atoms. The van der Waals surface area contributed by atoms with Gasteiger partial charge in [0.15, 0.2) is 0 Å². The van der Waals surface area contributed by atoms with Crippen LogP contribution >= 0.6 is 0 Å². The summed E-state index contributed by atoms with van der Waals surface area (Å²) in [5.74, 6) is -1.05. The molecule has 0 radical (unpaired) electrons. The summed E-state index contributed by atoms with van der Waals surface area (Å²) in [6, 6.07) is 1.15. The first kappa shape index (κ1) is 19.7. The van der Waals surface area contributed by atoms with Gasteiger partial charge in [0, 0.05) is 50.8 Å². The molecule has 2 unspecified atom stereocenters. The van der Waals surface area contributed by atoms with E-state index in [-0.39, 0.29) is 36.5 Å². The maximum Gasteiger partial charge on any atom is 0.255 e. The molecule has 8 nitrogen and oxygen atoms in total. The average Bonchev–Trinajstić information content (AvgIpc) is 3.19. The van der Waals surface area contributed by atoms with E-state index in [1.165, 1.54) is 6.20 Å². The van der Waals surface area contributed by atoms with Gasteiger partial charge in [0.25, 0.3) is 5.91 Å². The van der Waals surface area contributed by atoms with Crippen molar-refractivity contribution in [2.45, 2.75) is 0 Å². The fourth-order valence-electron chi connectivity index (χ4n) is 3.85. The Labute approximate surface area is 156 Å². The topological polar surface area (TPSA) is 92.2 Å². The number of rotatable bonds is 7. The van der Waals surface area contributed by atoms with Crippen molar-refractivity contribution in [3.63, 3.8) is 0 Å². The molecule has 0 bridgehead atoms. The van der Waals surface area contributed by atoms with E-state index < -0.39 is 11.2 Å². The molecule has 2 fully saturated rings. The predicted molar refractivity (Wildman–Crippen MR) is 92.4 cm³/mol. The zero-order valence-electron chi connectivity index (χ0n) is 15.3. The number of pyridine rings is 1. The summed E-state index contributed by atoms with van der Waals surface area (Å²) in [6.07, 6.45) is 2.38. The van der Waals surface area contributed by atoms with E-state index >= 15 is 0 Å². The molecule has 2 amide bonds. The normalized spacial score (nSPS) is 24.3. The van der Waals surface area contributed by atoms with Crippen LogP contribution in [0.25, 0.3) is 0 Å². The van der Waals surface area contributed by atoms with Crippen LogP contribution in [-0.4, -0.2) is 91.4 Å². The summed E-state index contributed by atoms with van der Waals surface area (Å²) in [5, 5.41) is 9.99. The highest BCUT2D eigenvalue weighted by Crippen LogP contribution is 2.42. The third-order valence-corrected chi connectivity index (χ3v) is 5.32. The average molecular weight is 381 g/mol. The van der Waals surface area contributed by atoms with E-state index in [9.17, 15) is 19.1 Å². The van der Waals surface area contributed by atoms with Crippen LogP contribution in [0.15, 0.2) is 18.5 Å². The van der Waals surface area contributed by atoms with Crippen molar-refractivity contribution in [2.75, 3.05) is 59.7 Å². The number of ether oxygens (including phenoxy) is 2. The van der Waals surface area contributed by atoms with Crippen LogP contribution < -0.4 is 0 Å². The molecular weight excluding hydrogens is 357 g/mol. The number of aromatic nitrogens is 1. The third kappa shape index (κ3) is 4.10. The van der Waals surface area contributed by atoms with Crippen LogP contribution in [0.1, 0.15) is 10.4 Å². The van der Waals surface area contributed by atoms with Gasteiger partial charge < -0.3 is 24.4 Å². The number of carbonyl (C=O) groups excluding carboxylic acids is 2. The van der Waals surface area contributed by atoms with Gasteiger partial charge in [-0.15, -0.1) is 0 Å². The minimum atomic E-state index is -0.567. The van der Waals surface area contributed by atoms with Crippen LogP contribution in [-0.2, 0) is 14.3 Å². The predicted octanol–water partition coefficient (Wildman–Crippen LogP) is -0.223. The van der Waals surface area contributed by atoms with Crippen molar-refractivity contribution < 1.29 is 28.6 Å². The van der Waals surface area contributed by atoms with E-state index in [1.54, 1.807) is 16.9 Å². The van der Waals surface area contributed by atoms with Crippen molar-refractivity contribution in [3.05, 3.63) is 29.8 Å². The fourth-order valence-corrected chi connectivity index (χ4v) is 3.85. The highest BCUT2D eigenvalue weighted by molar-refractivity contribution is 5.94. The van der Waals surface area contributed by atoms with Gasteiger partial charge >= 0.3 is 0 Å². The van der Waals surface area contributed by atoms with Crippen LogP contribution in [0.3, 0.4) is 0 Å². The van der Waals surface area contributed by atoms with Gasteiger partial charge in [-0.25, -0.2) is 4.39 Å². The maximum atomic E-state index is 13.3. The molecule has 2 atom stereocenters. The molecular formula is C18H24FN3O5. The molecule has 0 spiro atoms. The van der Waals surface area contributed by atoms with Gasteiger partial charge in [0.2, 0.25) is 5.91 Å². The maximum absolute atomic E-state index is 13.3. The first-order valence-corrected chi connectivity index (χ1v) is 8.84. The Hall–Kier alpha value is -2.10. The van der Waals surface area contributed by atoms with Crippen molar-refractivity contribution >= 4 is 11.8 Å². The standard InChI is InChI=1S/C18H24FN3O5/c1-26-2-3-27-9-16(24)21-7-14-8-22(11-18(14,10-21)12-23)17(25)13-4-15(19)6-20-5-13/h4-6,14,23H,2-3,7-12H2,1H3. The second-order valence-electron chi connectivity index (χ2n) is 7.11. The largest absolute Gasteiger partial charge is 0.396 e. The van der Waals surface area contributed by atoms with E-state index in [1.807, 2.05) is 0 Å². The SMILES string of the molecule is COCCOCC(=O)N1CC2CN(C(=O)c3cncc(F)c3)CC2(CO)C1. The molecule has 3 heterocycles. The van der Waals surface area contributed by atoms with Crippen LogP contribution in [0.4, 0.5) is 4.39 Å². The molecule has 2 aliphatic heterocycles. The zero-order valence-corrected chi connectivity index (χ0v) is 15.3. The number of hydrogen-bond donors (Lipinski definition) is 1. The molecule has 1 aromatic heterocycles. The number of aliphatic hydroxyl groups is 1. The van der Waals surface area contributed by atoms with Crippen molar-refractivity contribution in [1.82, 2.24) is 14.8 Å². The lowest BCUT2D eigenvalue weighted by atomic mass is 9.82. The van der Waals surface area contributed by atoms with Crippen LogP contribution in [0.5, 0.6) is 0 Å². The van der Waals surface area contributed by atoms with Gasteiger partial charge in [-0.2, -0.15) is 0 Å². The second-order valence-corrected chi connectivity index (χ2v) is 7.11. The highest BCUT2D eigenvalue weighted by atomic mass is 19.1. The molecule has 1 aromatic rings. The summed E-state index contributed by atoms with van der Waals surface area (Å²) in [5.41, 5.74) is -0.374. The zero-order chi connectivity index (χ0) is 19.4. The van der Waals surface area contributed by atoms with Gasteiger partial charge in [-0.05, 0) is 6.07 Å². The fraction of sp³-hybridized carbons (Fsp3) is 0.611. The molecule has 148 valence electrons. The second kappa shape index (κ2) is 8.28. The summed E-state index contributed by atoms with van der Waals surface area (Å²) >= 11 is 0. The molecule has 0 aromatic carbocycles. The van der Waals surface area contributed by atoms with E-state index in [0.717, 1.165) is 12.3 Å². The van der Waals surface area contributed by atoms with Crippen LogP contribution in [0.2, 0.25) is 0 Å². The molecule has 3 rings (SSSR count). The molecule has 9 heteroatoms. The Morgan fingerprint density at radius 1 is 1.30 bits per heavy atom. The molecule has 2 saturated heterocycles. The van der Waals surface area contributed by atoms with Crippen molar-refractivity contribution in [1.29, 1.82) is 0 Å².